The Morgan fingerprint density at radius 1 is 1.67 bits per heavy atom. The predicted molar refractivity (Wildman–Crippen MR) is 56.6 cm³/mol. The van der Waals surface area contributed by atoms with Gasteiger partial charge in [-0.2, -0.15) is 0 Å². The SMILES string of the molecule is CC[CH]CCc1nc(Cl)ncc1[N+](=O)[O-]. The highest BCUT2D eigenvalue weighted by Crippen LogP contribution is 2.18. The van der Waals surface area contributed by atoms with Crippen LogP contribution in [0.15, 0.2) is 6.20 Å². The first-order chi connectivity index (χ1) is 7.15. The van der Waals surface area contributed by atoms with Crippen LogP contribution < -0.4 is 0 Å². The number of aromatic nitrogens is 2. The molecule has 0 unspecified atom stereocenters. The number of hydrogen-bond donors (Lipinski definition) is 0. The smallest absolute Gasteiger partial charge is 0.258 e. The standard InChI is InChI=1S/C9H11ClN3O2/c1-2-3-4-5-7-8(13(14)15)6-11-9(10)12-7/h3,6H,2,4-5H2,1H3. The predicted octanol–water partition coefficient (Wildman–Crippen LogP) is 2.59. The molecule has 6 heteroatoms. The van der Waals surface area contributed by atoms with E-state index in [-0.39, 0.29) is 11.0 Å². The molecule has 0 fully saturated rings. The van der Waals surface area contributed by atoms with Gasteiger partial charge in [-0.15, -0.1) is 0 Å². The number of nitrogens with zero attached hydrogens (tertiary/aromatic N) is 3. The third-order valence-electron chi connectivity index (χ3n) is 1.89. The van der Waals surface area contributed by atoms with Crippen LogP contribution in [-0.2, 0) is 6.42 Å². The number of halogens is 1. The van der Waals surface area contributed by atoms with Crippen molar-refractivity contribution in [3.8, 4) is 0 Å². The Balaban J connectivity index is 2.82. The van der Waals surface area contributed by atoms with Gasteiger partial charge in [0.2, 0.25) is 5.28 Å². The molecule has 1 heterocycles. The molecule has 5 nitrogen and oxygen atoms in total. The summed E-state index contributed by atoms with van der Waals surface area (Å²) in [7, 11) is 0. The molecule has 0 aromatic carbocycles. The van der Waals surface area contributed by atoms with Gasteiger partial charge in [0.05, 0.1) is 4.92 Å². The Labute approximate surface area is 92.7 Å². The maximum absolute atomic E-state index is 10.6. The zero-order chi connectivity index (χ0) is 11.3. The zero-order valence-corrected chi connectivity index (χ0v) is 9.07. The lowest BCUT2D eigenvalue weighted by atomic mass is 10.1. The Morgan fingerprint density at radius 2 is 2.40 bits per heavy atom. The minimum absolute atomic E-state index is 0.0482. The number of hydrogen-bond acceptors (Lipinski definition) is 4. The summed E-state index contributed by atoms with van der Waals surface area (Å²) in [5.74, 6) is 0. The molecule has 0 saturated carbocycles. The van der Waals surface area contributed by atoms with Crippen LogP contribution >= 0.6 is 11.6 Å². The normalized spacial score (nSPS) is 10.3. The molecule has 0 aliphatic rings. The summed E-state index contributed by atoms with van der Waals surface area (Å²) < 4.78 is 0. The second-order valence-corrected chi connectivity index (χ2v) is 3.30. The lowest BCUT2D eigenvalue weighted by Gasteiger charge is -2.01. The van der Waals surface area contributed by atoms with Crippen molar-refractivity contribution in [2.45, 2.75) is 26.2 Å². The summed E-state index contributed by atoms with van der Waals surface area (Å²) in [5.41, 5.74) is 0.327. The lowest BCUT2D eigenvalue weighted by Crippen LogP contribution is -2.00. The van der Waals surface area contributed by atoms with Crippen molar-refractivity contribution >= 4 is 17.3 Å². The molecular weight excluding hydrogens is 218 g/mol. The number of nitro groups is 1. The van der Waals surface area contributed by atoms with Crippen molar-refractivity contribution in [3.05, 3.63) is 33.7 Å². The molecule has 0 saturated heterocycles. The molecule has 0 aliphatic carbocycles. The second-order valence-electron chi connectivity index (χ2n) is 2.96. The quantitative estimate of drug-likeness (QED) is 0.336. The van der Waals surface area contributed by atoms with Crippen LogP contribution in [0.25, 0.3) is 0 Å². The van der Waals surface area contributed by atoms with Gasteiger partial charge in [-0.05, 0) is 30.9 Å². The van der Waals surface area contributed by atoms with Crippen molar-refractivity contribution in [2.75, 3.05) is 0 Å². The van der Waals surface area contributed by atoms with Gasteiger partial charge < -0.3 is 0 Å². The van der Waals surface area contributed by atoms with Crippen LogP contribution in [0.4, 0.5) is 5.69 Å². The van der Waals surface area contributed by atoms with Gasteiger partial charge in [0.25, 0.3) is 0 Å². The van der Waals surface area contributed by atoms with Crippen LogP contribution in [-0.4, -0.2) is 14.9 Å². The average Bonchev–Trinajstić information content (AvgIpc) is 2.18. The Kier molecular flexibility index (Phi) is 4.42. The number of rotatable bonds is 5. The highest BCUT2D eigenvalue weighted by atomic mass is 35.5. The summed E-state index contributed by atoms with van der Waals surface area (Å²) in [6.45, 7) is 2.02. The van der Waals surface area contributed by atoms with Gasteiger partial charge in [0.15, 0.2) is 0 Å². The Bertz CT molecular complexity index is 357. The molecule has 15 heavy (non-hydrogen) atoms. The van der Waals surface area contributed by atoms with Gasteiger partial charge in [-0.1, -0.05) is 13.3 Å². The molecule has 0 aliphatic heterocycles. The largest absolute Gasteiger partial charge is 0.308 e. The Morgan fingerprint density at radius 3 is 3.00 bits per heavy atom. The van der Waals surface area contributed by atoms with E-state index in [1.54, 1.807) is 0 Å². The lowest BCUT2D eigenvalue weighted by molar-refractivity contribution is -0.386. The van der Waals surface area contributed by atoms with Crippen molar-refractivity contribution in [1.82, 2.24) is 9.97 Å². The molecule has 1 aromatic rings. The van der Waals surface area contributed by atoms with Gasteiger partial charge in [-0.3, -0.25) is 10.1 Å². The summed E-state index contributed by atoms with van der Waals surface area (Å²) in [5, 5.41) is 10.7. The minimum Gasteiger partial charge on any atom is -0.258 e. The molecule has 0 atom stereocenters. The van der Waals surface area contributed by atoms with Gasteiger partial charge in [0.1, 0.15) is 11.9 Å². The van der Waals surface area contributed by atoms with Gasteiger partial charge >= 0.3 is 5.69 Å². The monoisotopic (exact) mass is 228 g/mol. The molecule has 1 rings (SSSR count). The summed E-state index contributed by atoms with van der Waals surface area (Å²) in [6.07, 6.45) is 5.40. The van der Waals surface area contributed by atoms with E-state index >= 15 is 0 Å². The number of aryl methyl sites for hydroxylation is 1. The highest BCUT2D eigenvalue weighted by molar-refractivity contribution is 6.28. The van der Waals surface area contributed by atoms with E-state index in [0.717, 1.165) is 19.0 Å². The molecule has 0 amide bonds. The molecular formula is C9H11ClN3O2. The number of unbranched alkanes of at least 4 members (excludes halogenated alkanes) is 2. The zero-order valence-electron chi connectivity index (χ0n) is 8.31. The van der Waals surface area contributed by atoms with Crippen LogP contribution in [0.1, 0.15) is 25.5 Å². The third-order valence-corrected chi connectivity index (χ3v) is 2.07. The summed E-state index contributed by atoms with van der Waals surface area (Å²) in [6, 6.07) is 0. The molecule has 1 aromatic heterocycles. The molecule has 0 spiro atoms. The molecule has 0 bridgehead atoms. The van der Waals surface area contributed by atoms with Gasteiger partial charge in [-0.25, -0.2) is 9.97 Å². The van der Waals surface area contributed by atoms with Crippen molar-refractivity contribution in [3.63, 3.8) is 0 Å². The highest BCUT2D eigenvalue weighted by Gasteiger charge is 2.15. The molecule has 1 radical (unpaired) electrons. The Hall–Kier alpha value is -1.23. The molecule has 81 valence electrons. The van der Waals surface area contributed by atoms with Crippen LogP contribution in [0.5, 0.6) is 0 Å². The summed E-state index contributed by atoms with van der Waals surface area (Å²) >= 11 is 5.58. The van der Waals surface area contributed by atoms with E-state index in [1.165, 1.54) is 0 Å². The first-order valence-electron chi connectivity index (χ1n) is 4.62. The van der Waals surface area contributed by atoms with E-state index in [1.807, 2.05) is 13.3 Å². The maximum atomic E-state index is 10.6. The average molecular weight is 229 g/mol. The minimum atomic E-state index is -0.488. The van der Waals surface area contributed by atoms with E-state index in [4.69, 9.17) is 11.6 Å². The van der Waals surface area contributed by atoms with E-state index in [2.05, 4.69) is 9.97 Å². The van der Waals surface area contributed by atoms with Crippen molar-refractivity contribution in [1.29, 1.82) is 0 Å². The van der Waals surface area contributed by atoms with Crippen molar-refractivity contribution in [2.24, 2.45) is 0 Å². The van der Waals surface area contributed by atoms with Crippen LogP contribution in [0.3, 0.4) is 0 Å². The fraction of sp³-hybridized carbons (Fsp3) is 0.444. The molecule has 0 N–H and O–H groups in total. The fourth-order valence-electron chi connectivity index (χ4n) is 1.17. The summed E-state index contributed by atoms with van der Waals surface area (Å²) in [4.78, 5) is 17.6. The second kappa shape index (κ2) is 5.60. The first-order valence-corrected chi connectivity index (χ1v) is 5.00. The van der Waals surface area contributed by atoms with Crippen molar-refractivity contribution < 1.29 is 4.92 Å². The van der Waals surface area contributed by atoms with E-state index in [0.29, 0.717) is 12.1 Å². The first kappa shape index (κ1) is 11.8. The third kappa shape index (κ3) is 3.43. The maximum Gasteiger partial charge on any atom is 0.308 e. The van der Waals surface area contributed by atoms with E-state index < -0.39 is 4.92 Å². The van der Waals surface area contributed by atoms with Crippen LogP contribution in [0.2, 0.25) is 5.28 Å². The fourth-order valence-corrected chi connectivity index (χ4v) is 1.32. The van der Waals surface area contributed by atoms with Gasteiger partial charge in [0, 0.05) is 0 Å². The van der Waals surface area contributed by atoms with Crippen LogP contribution in [0, 0.1) is 16.5 Å². The topological polar surface area (TPSA) is 68.9 Å². The van der Waals surface area contributed by atoms with E-state index in [9.17, 15) is 10.1 Å².